The number of rotatable bonds is 5. The lowest BCUT2D eigenvalue weighted by Crippen LogP contribution is -2.31. The number of anilines is 1. The molecular weight excluding hydrogens is 389 g/mol. The number of likely N-dealkylation sites (N-methyl/N-ethyl adjacent to an activating group) is 1. The van der Waals surface area contributed by atoms with Gasteiger partial charge >= 0.3 is 0 Å². The summed E-state index contributed by atoms with van der Waals surface area (Å²) in [7, 11) is 1.43. The summed E-state index contributed by atoms with van der Waals surface area (Å²) >= 11 is 1.12. The molecule has 29 heavy (non-hydrogen) atoms. The van der Waals surface area contributed by atoms with Crippen molar-refractivity contribution in [3.05, 3.63) is 76.1 Å². The van der Waals surface area contributed by atoms with Gasteiger partial charge in [-0.15, -0.1) is 0 Å². The van der Waals surface area contributed by atoms with Crippen LogP contribution in [-0.2, 0) is 22.4 Å². The normalized spacial score (nSPS) is 17.8. The van der Waals surface area contributed by atoms with Gasteiger partial charge in [0.05, 0.1) is 5.25 Å². The van der Waals surface area contributed by atoms with Crippen molar-refractivity contribution in [3.8, 4) is 6.07 Å². The van der Waals surface area contributed by atoms with Crippen LogP contribution in [0.2, 0.25) is 0 Å². The Morgan fingerprint density at radius 2 is 1.93 bits per heavy atom. The molecule has 2 aromatic carbocycles. The second-order valence-corrected chi connectivity index (χ2v) is 7.66. The molecule has 1 fully saturated rings. The van der Waals surface area contributed by atoms with Gasteiger partial charge in [0.2, 0.25) is 5.91 Å². The number of nitrogens with one attached hydrogen (secondary N) is 1. The van der Waals surface area contributed by atoms with E-state index in [9.17, 15) is 19.2 Å². The minimum atomic E-state index is -0.638. The van der Waals surface area contributed by atoms with Crippen molar-refractivity contribution >= 4 is 29.3 Å². The average Bonchev–Trinajstić information content (AvgIpc) is 3.06. The first-order valence-corrected chi connectivity index (χ1v) is 10.1. The minimum Gasteiger partial charge on any atom is -0.354 e. The Bertz CT molecular complexity index is 1010. The van der Waals surface area contributed by atoms with E-state index < -0.39 is 11.2 Å². The van der Waals surface area contributed by atoms with E-state index in [0.29, 0.717) is 11.3 Å². The van der Waals surface area contributed by atoms with Gasteiger partial charge in [-0.1, -0.05) is 49.0 Å². The maximum absolute atomic E-state index is 14.1. The van der Waals surface area contributed by atoms with E-state index in [1.807, 2.05) is 25.1 Å². The Hall–Kier alpha value is -3.11. The molecule has 2 aromatic rings. The van der Waals surface area contributed by atoms with Crippen molar-refractivity contribution in [2.75, 3.05) is 11.9 Å². The standard InChI is InChI=1S/C22H20FN3O2S/c1-3-14-8-10-16(11-9-14)26-21(28)19(12-15-6-4-5-7-18(15)23)29-22(26)17(13-24)20(27)25-2/h4-11,19H,3,12H2,1-2H3,(H,25,27)/b22-17-. The molecule has 7 heteroatoms. The summed E-state index contributed by atoms with van der Waals surface area (Å²) in [5.74, 6) is -1.23. The summed E-state index contributed by atoms with van der Waals surface area (Å²) in [5, 5.41) is 11.6. The highest BCUT2D eigenvalue weighted by Crippen LogP contribution is 2.42. The van der Waals surface area contributed by atoms with Crippen molar-refractivity contribution < 1.29 is 14.0 Å². The van der Waals surface area contributed by atoms with Crippen molar-refractivity contribution in [1.29, 1.82) is 5.26 Å². The Labute approximate surface area is 173 Å². The number of hydrogen-bond acceptors (Lipinski definition) is 4. The number of thioether (sulfide) groups is 1. The lowest BCUT2D eigenvalue weighted by atomic mass is 10.1. The SMILES string of the molecule is CCc1ccc(N2C(=O)C(Cc3ccccc3F)S/C2=C(/C#N)C(=O)NC)cc1. The van der Waals surface area contributed by atoms with Crippen LogP contribution >= 0.6 is 11.8 Å². The van der Waals surface area contributed by atoms with Crippen molar-refractivity contribution in [1.82, 2.24) is 5.32 Å². The Kier molecular flexibility index (Phi) is 6.35. The van der Waals surface area contributed by atoms with E-state index in [4.69, 9.17) is 0 Å². The summed E-state index contributed by atoms with van der Waals surface area (Å²) in [6.45, 7) is 2.03. The van der Waals surface area contributed by atoms with Gasteiger partial charge in [-0.2, -0.15) is 5.26 Å². The van der Waals surface area contributed by atoms with Crippen LogP contribution in [0.4, 0.5) is 10.1 Å². The summed E-state index contributed by atoms with van der Waals surface area (Å²) < 4.78 is 14.1. The van der Waals surface area contributed by atoms with Gasteiger partial charge in [-0.25, -0.2) is 4.39 Å². The summed E-state index contributed by atoms with van der Waals surface area (Å²) in [5.41, 5.74) is 1.96. The third-order valence-corrected chi connectivity index (χ3v) is 5.96. The maximum atomic E-state index is 14.1. The van der Waals surface area contributed by atoms with Crippen molar-refractivity contribution in [2.24, 2.45) is 0 Å². The number of carbonyl (C=O) groups is 2. The van der Waals surface area contributed by atoms with E-state index >= 15 is 0 Å². The van der Waals surface area contributed by atoms with Crippen LogP contribution in [-0.4, -0.2) is 24.1 Å². The molecule has 0 saturated carbocycles. The molecule has 0 aromatic heterocycles. The van der Waals surface area contributed by atoms with E-state index in [2.05, 4.69) is 5.32 Å². The second-order valence-electron chi connectivity index (χ2n) is 6.47. The lowest BCUT2D eigenvalue weighted by Gasteiger charge is -2.19. The van der Waals surface area contributed by atoms with Gasteiger partial charge in [0, 0.05) is 12.7 Å². The van der Waals surface area contributed by atoms with Gasteiger partial charge in [0.15, 0.2) is 0 Å². The molecule has 2 amide bonds. The monoisotopic (exact) mass is 409 g/mol. The van der Waals surface area contributed by atoms with Crippen LogP contribution in [0.25, 0.3) is 0 Å². The number of halogens is 1. The Morgan fingerprint density at radius 3 is 2.52 bits per heavy atom. The topological polar surface area (TPSA) is 73.2 Å². The molecule has 1 aliphatic heterocycles. The number of nitrogens with zero attached hydrogens (tertiary/aromatic N) is 2. The largest absolute Gasteiger partial charge is 0.354 e. The highest BCUT2D eigenvalue weighted by Gasteiger charge is 2.41. The highest BCUT2D eigenvalue weighted by atomic mass is 32.2. The predicted molar refractivity (Wildman–Crippen MR) is 111 cm³/mol. The van der Waals surface area contributed by atoms with Crippen molar-refractivity contribution in [3.63, 3.8) is 0 Å². The summed E-state index contributed by atoms with van der Waals surface area (Å²) in [4.78, 5) is 26.8. The van der Waals surface area contributed by atoms with E-state index in [1.54, 1.807) is 30.3 Å². The van der Waals surface area contributed by atoms with Crippen LogP contribution in [0.3, 0.4) is 0 Å². The third-order valence-electron chi connectivity index (χ3n) is 4.70. The van der Waals surface area contributed by atoms with Gasteiger partial charge in [-0.3, -0.25) is 14.5 Å². The number of hydrogen-bond donors (Lipinski definition) is 1. The number of carbonyl (C=O) groups excluding carboxylic acids is 2. The van der Waals surface area contributed by atoms with Crippen LogP contribution in [0, 0.1) is 17.1 Å². The van der Waals surface area contributed by atoms with Gasteiger partial charge in [0.25, 0.3) is 5.91 Å². The molecule has 0 aliphatic carbocycles. The zero-order valence-corrected chi connectivity index (χ0v) is 16.9. The van der Waals surface area contributed by atoms with E-state index in [0.717, 1.165) is 23.7 Å². The average molecular weight is 409 g/mol. The number of amides is 2. The minimum absolute atomic E-state index is 0.138. The first-order chi connectivity index (χ1) is 14.0. The predicted octanol–water partition coefficient (Wildman–Crippen LogP) is 3.56. The molecule has 3 rings (SSSR count). The Morgan fingerprint density at radius 1 is 1.24 bits per heavy atom. The fraction of sp³-hybridized carbons (Fsp3) is 0.227. The molecule has 148 valence electrons. The summed E-state index contributed by atoms with van der Waals surface area (Å²) in [6, 6.07) is 15.6. The quantitative estimate of drug-likeness (QED) is 0.605. The molecule has 0 spiro atoms. The van der Waals surface area contributed by atoms with Crippen molar-refractivity contribution in [2.45, 2.75) is 25.0 Å². The number of aryl methyl sites for hydroxylation is 1. The molecule has 1 atom stereocenters. The Balaban J connectivity index is 2.05. The molecule has 1 heterocycles. The van der Waals surface area contributed by atoms with Gasteiger partial charge < -0.3 is 5.32 Å². The van der Waals surface area contributed by atoms with E-state index in [1.165, 1.54) is 18.0 Å². The molecule has 1 unspecified atom stereocenters. The number of nitriles is 1. The number of benzene rings is 2. The molecule has 1 N–H and O–H groups in total. The zero-order chi connectivity index (χ0) is 21.0. The maximum Gasteiger partial charge on any atom is 0.264 e. The first-order valence-electron chi connectivity index (χ1n) is 9.19. The first kappa shape index (κ1) is 20.6. The molecule has 5 nitrogen and oxygen atoms in total. The molecule has 0 radical (unpaired) electrons. The lowest BCUT2D eigenvalue weighted by molar-refractivity contribution is -0.117. The molecule has 1 saturated heterocycles. The van der Waals surface area contributed by atoms with Crippen LogP contribution in [0.5, 0.6) is 0 Å². The van der Waals surface area contributed by atoms with Crippen LogP contribution in [0.15, 0.2) is 59.1 Å². The molecule has 0 bridgehead atoms. The smallest absolute Gasteiger partial charge is 0.264 e. The highest BCUT2D eigenvalue weighted by molar-refractivity contribution is 8.05. The third kappa shape index (κ3) is 4.17. The molecular formula is C22H20FN3O2S. The van der Waals surface area contributed by atoms with Gasteiger partial charge in [-0.05, 0) is 42.2 Å². The molecule has 1 aliphatic rings. The fourth-order valence-electron chi connectivity index (χ4n) is 3.09. The van der Waals surface area contributed by atoms with Crippen LogP contribution in [0.1, 0.15) is 18.1 Å². The second kappa shape index (κ2) is 8.93. The summed E-state index contributed by atoms with van der Waals surface area (Å²) in [6.07, 6.45) is 1.01. The van der Waals surface area contributed by atoms with Crippen LogP contribution < -0.4 is 10.2 Å². The zero-order valence-electron chi connectivity index (χ0n) is 16.1. The fourth-order valence-corrected chi connectivity index (χ4v) is 4.39. The van der Waals surface area contributed by atoms with Gasteiger partial charge in [0.1, 0.15) is 22.5 Å². The van der Waals surface area contributed by atoms with E-state index in [-0.39, 0.29) is 28.7 Å².